The molecule has 0 atom stereocenters. The van der Waals surface area contributed by atoms with E-state index in [4.69, 9.17) is 13.9 Å². The Morgan fingerprint density at radius 1 is 1.10 bits per heavy atom. The summed E-state index contributed by atoms with van der Waals surface area (Å²) in [6.45, 7) is 1.23. The molecule has 0 unspecified atom stereocenters. The second-order valence-electron chi connectivity index (χ2n) is 7.56. The molecule has 1 fully saturated rings. The molecule has 29 heavy (non-hydrogen) atoms. The predicted octanol–water partition coefficient (Wildman–Crippen LogP) is 3.48. The number of carbonyl (C=O) groups excluding carboxylic acids is 1. The third kappa shape index (κ3) is 3.37. The lowest BCUT2D eigenvalue weighted by atomic mass is 10.1. The van der Waals surface area contributed by atoms with Crippen LogP contribution in [0.2, 0.25) is 0 Å². The first-order chi connectivity index (χ1) is 14.2. The zero-order chi connectivity index (χ0) is 19.8. The predicted molar refractivity (Wildman–Crippen MR) is 106 cm³/mol. The number of hydrogen-bond donors (Lipinski definition) is 1. The number of hydrogen-bond acceptors (Lipinski definition) is 5. The second kappa shape index (κ2) is 7.31. The van der Waals surface area contributed by atoms with Crippen LogP contribution in [0.3, 0.4) is 0 Å². The lowest BCUT2D eigenvalue weighted by Crippen LogP contribution is -2.39. The van der Waals surface area contributed by atoms with Gasteiger partial charge in [0.2, 0.25) is 0 Å². The van der Waals surface area contributed by atoms with Crippen LogP contribution in [0.1, 0.15) is 41.8 Å². The average molecular weight is 394 g/mol. The van der Waals surface area contributed by atoms with Gasteiger partial charge in [-0.25, -0.2) is 0 Å². The number of nitrogens with zero attached hydrogens (tertiary/aromatic N) is 1. The van der Waals surface area contributed by atoms with Crippen LogP contribution in [0, 0.1) is 0 Å². The largest absolute Gasteiger partial charge is 0.486 e. The number of nitrogens with one attached hydrogen (secondary N) is 1. The molecule has 0 bridgehead atoms. The smallest absolute Gasteiger partial charge is 0.290 e. The summed E-state index contributed by atoms with van der Waals surface area (Å²) in [5, 5.41) is 0.848. The van der Waals surface area contributed by atoms with Gasteiger partial charge in [0.15, 0.2) is 17.3 Å². The minimum absolute atomic E-state index is 0.114. The van der Waals surface area contributed by atoms with Crippen molar-refractivity contribution in [1.29, 1.82) is 0 Å². The Hall–Kier alpha value is -3.22. The molecule has 7 heteroatoms. The molecule has 0 spiro atoms. The van der Waals surface area contributed by atoms with Gasteiger partial charge in [-0.3, -0.25) is 9.59 Å². The molecule has 2 aliphatic rings. The lowest BCUT2D eigenvalue weighted by Gasteiger charge is -2.28. The second-order valence-corrected chi connectivity index (χ2v) is 7.56. The molecule has 1 aromatic carbocycles. The zero-order valence-electron chi connectivity index (χ0n) is 16.0. The minimum Gasteiger partial charge on any atom is -0.486 e. The van der Waals surface area contributed by atoms with Gasteiger partial charge in [-0.2, -0.15) is 0 Å². The Bertz CT molecular complexity index is 1100. The Morgan fingerprint density at radius 2 is 1.86 bits per heavy atom. The van der Waals surface area contributed by atoms with E-state index in [-0.39, 0.29) is 24.1 Å². The molecule has 1 N–H and O–H groups in total. The fourth-order valence-corrected chi connectivity index (χ4v) is 4.21. The number of benzene rings is 1. The van der Waals surface area contributed by atoms with E-state index in [1.54, 1.807) is 23.1 Å². The van der Waals surface area contributed by atoms with Gasteiger partial charge in [-0.05, 0) is 37.1 Å². The third-order valence-corrected chi connectivity index (χ3v) is 5.68. The van der Waals surface area contributed by atoms with Crippen LogP contribution in [0.4, 0.5) is 0 Å². The third-order valence-electron chi connectivity index (χ3n) is 5.68. The van der Waals surface area contributed by atoms with Gasteiger partial charge in [-0.1, -0.05) is 12.8 Å². The quantitative estimate of drug-likeness (QED) is 0.732. The van der Waals surface area contributed by atoms with Crippen LogP contribution in [-0.4, -0.2) is 35.0 Å². The molecular formula is C22H22N2O5. The average Bonchev–Trinajstić information content (AvgIpc) is 3.44. The number of pyridine rings is 1. The number of amides is 1. The van der Waals surface area contributed by atoms with E-state index in [1.807, 2.05) is 12.1 Å². The summed E-state index contributed by atoms with van der Waals surface area (Å²) in [7, 11) is 0. The van der Waals surface area contributed by atoms with Crippen molar-refractivity contribution < 1.29 is 18.7 Å². The van der Waals surface area contributed by atoms with Crippen molar-refractivity contribution in [3.8, 4) is 11.5 Å². The summed E-state index contributed by atoms with van der Waals surface area (Å²) in [6, 6.07) is 8.98. The van der Waals surface area contributed by atoms with E-state index < -0.39 is 0 Å². The molecule has 3 heterocycles. The van der Waals surface area contributed by atoms with E-state index in [0.29, 0.717) is 41.6 Å². The molecule has 1 aliphatic heterocycles. The van der Waals surface area contributed by atoms with Crippen molar-refractivity contribution in [1.82, 2.24) is 9.88 Å². The molecule has 0 radical (unpaired) electrons. The first-order valence-corrected chi connectivity index (χ1v) is 9.99. The highest BCUT2D eigenvalue weighted by molar-refractivity contribution is 5.91. The van der Waals surface area contributed by atoms with Gasteiger partial charge in [0.25, 0.3) is 11.5 Å². The van der Waals surface area contributed by atoms with Crippen molar-refractivity contribution >= 4 is 16.8 Å². The molecule has 3 aromatic rings. The first-order valence-electron chi connectivity index (χ1n) is 9.99. The van der Waals surface area contributed by atoms with Crippen molar-refractivity contribution in [2.75, 3.05) is 13.2 Å². The summed E-state index contributed by atoms with van der Waals surface area (Å²) >= 11 is 0. The number of aromatic nitrogens is 1. The van der Waals surface area contributed by atoms with Gasteiger partial charge in [0.05, 0.1) is 18.3 Å². The number of ether oxygens (including phenoxy) is 2. The van der Waals surface area contributed by atoms with Crippen LogP contribution in [-0.2, 0) is 6.54 Å². The number of carbonyl (C=O) groups is 1. The molecular weight excluding hydrogens is 372 g/mol. The highest BCUT2D eigenvalue weighted by Crippen LogP contribution is 2.34. The zero-order valence-corrected chi connectivity index (χ0v) is 16.0. The number of rotatable bonds is 4. The molecule has 2 aromatic heterocycles. The van der Waals surface area contributed by atoms with E-state index in [9.17, 15) is 9.59 Å². The molecule has 1 amide bonds. The maximum atomic E-state index is 13.0. The van der Waals surface area contributed by atoms with Gasteiger partial charge in [0.1, 0.15) is 13.2 Å². The minimum atomic E-state index is -0.204. The van der Waals surface area contributed by atoms with Crippen molar-refractivity contribution in [2.24, 2.45) is 0 Å². The lowest BCUT2D eigenvalue weighted by molar-refractivity contribution is 0.0631. The molecule has 5 rings (SSSR count). The van der Waals surface area contributed by atoms with Crippen LogP contribution >= 0.6 is 0 Å². The van der Waals surface area contributed by atoms with Gasteiger partial charge < -0.3 is 23.8 Å². The Kier molecular flexibility index (Phi) is 4.50. The van der Waals surface area contributed by atoms with Crippen LogP contribution < -0.4 is 15.0 Å². The van der Waals surface area contributed by atoms with Gasteiger partial charge in [-0.15, -0.1) is 0 Å². The van der Waals surface area contributed by atoms with Crippen molar-refractivity contribution in [3.63, 3.8) is 0 Å². The highest BCUT2D eigenvalue weighted by atomic mass is 16.6. The Balaban J connectivity index is 1.51. The van der Waals surface area contributed by atoms with Crippen molar-refractivity contribution in [3.05, 3.63) is 58.3 Å². The number of aromatic amines is 1. The SMILES string of the molecule is O=C(c1ccco1)N(Cc1cc2cc3c(cc2[nH]c1=O)OCCO3)C1CCCC1. The summed E-state index contributed by atoms with van der Waals surface area (Å²) in [5.41, 5.74) is 1.03. The van der Waals surface area contributed by atoms with Crippen LogP contribution in [0.5, 0.6) is 11.5 Å². The number of fused-ring (bicyclic) bond motifs is 2. The fraction of sp³-hybridized carbons (Fsp3) is 0.364. The summed E-state index contributed by atoms with van der Waals surface area (Å²) in [5.74, 6) is 1.42. The standard InChI is InChI=1S/C22H22N2O5/c25-21-15(10-14-11-19-20(12-17(14)23-21)29-9-8-28-19)13-24(16-4-1-2-5-16)22(26)18-6-3-7-27-18/h3,6-7,10-12,16H,1-2,4-5,8-9,13H2,(H,23,25). The monoisotopic (exact) mass is 394 g/mol. The van der Waals surface area contributed by atoms with E-state index >= 15 is 0 Å². The Labute approximate surface area is 167 Å². The van der Waals surface area contributed by atoms with Gasteiger partial charge >= 0.3 is 0 Å². The molecule has 0 saturated heterocycles. The molecule has 150 valence electrons. The normalized spacial score (nSPS) is 16.3. The maximum Gasteiger partial charge on any atom is 0.290 e. The van der Waals surface area contributed by atoms with E-state index in [2.05, 4.69) is 4.98 Å². The van der Waals surface area contributed by atoms with Crippen molar-refractivity contribution in [2.45, 2.75) is 38.3 Å². The summed E-state index contributed by atoms with van der Waals surface area (Å²) in [4.78, 5) is 30.5. The molecule has 1 saturated carbocycles. The summed E-state index contributed by atoms with van der Waals surface area (Å²) < 4.78 is 16.6. The topological polar surface area (TPSA) is 84.8 Å². The number of furan rings is 1. The van der Waals surface area contributed by atoms with Crippen LogP contribution in [0.25, 0.3) is 10.9 Å². The van der Waals surface area contributed by atoms with Crippen LogP contribution in [0.15, 0.2) is 45.8 Å². The fourth-order valence-electron chi connectivity index (χ4n) is 4.21. The molecule has 1 aliphatic carbocycles. The number of H-pyrrole nitrogens is 1. The Morgan fingerprint density at radius 3 is 2.59 bits per heavy atom. The van der Waals surface area contributed by atoms with E-state index in [1.165, 1.54) is 6.26 Å². The van der Waals surface area contributed by atoms with Gasteiger partial charge in [0, 0.05) is 23.1 Å². The summed E-state index contributed by atoms with van der Waals surface area (Å²) in [6.07, 6.45) is 5.55. The maximum absolute atomic E-state index is 13.0. The molecule has 7 nitrogen and oxygen atoms in total. The van der Waals surface area contributed by atoms with E-state index in [0.717, 1.165) is 31.1 Å². The first kappa shape index (κ1) is 17.8. The highest BCUT2D eigenvalue weighted by Gasteiger charge is 2.29.